The summed E-state index contributed by atoms with van der Waals surface area (Å²) < 4.78 is 20.6. The summed E-state index contributed by atoms with van der Waals surface area (Å²) in [5.74, 6) is -0.404. The molecule has 1 N–H and O–H groups in total. The Balaban J connectivity index is 2.54. The molecular formula is C27H41N3O13. The molecule has 1 aromatic rings. The van der Waals surface area contributed by atoms with Gasteiger partial charge in [0.25, 0.3) is 10.2 Å². The Bertz CT molecular complexity index is 975. The lowest BCUT2D eigenvalue weighted by molar-refractivity contribution is -0.757. The molecule has 0 aliphatic carbocycles. The second-order valence-electron chi connectivity index (χ2n) is 9.34. The molecule has 0 bridgehead atoms. The third-order valence-electron chi connectivity index (χ3n) is 5.81. The van der Waals surface area contributed by atoms with Crippen LogP contribution in [0.3, 0.4) is 0 Å². The summed E-state index contributed by atoms with van der Waals surface area (Å²) in [6.45, 7) is 2.36. The zero-order valence-electron chi connectivity index (χ0n) is 24.4. The van der Waals surface area contributed by atoms with Crippen molar-refractivity contribution in [3.8, 4) is 5.75 Å². The number of rotatable bonds is 24. The molecule has 0 saturated heterocycles. The van der Waals surface area contributed by atoms with Gasteiger partial charge < -0.3 is 33.9 Å². The molecule has 16 nitrogen and oxygen atoms in total. The third-order valence-corrected chi connectivity index (χ3v) is 5.81. The van der Waals surface area contributed by atoms with Crippen LogP contribution >= 0.6 is 0 Å². The van der Waals surface area contributed by atoms with Crippen molar-refractivity contribution in [2.24, 2.45) is 0 Å². The van der Waals surface area contributed by atoms with E-state index in [4.69, 9.17) is 18.9 Å². The van der Waals surface area contributed by atoms with Gasteiger partial charge >= 0.3 is 18.2 Å². The van der Waals surface area contributed by atoms with E-state index in [0.717, 1.165) is 19.3 Å². The minimum atomic E-state index is -1.03. The maximum Gasteiger partial charge on any atom is 0.513 e. The van der Waals surface area contributed by atoms with Crippen molar-refractivity contribution in [2.45, 2.75) is 83.6 Å². The van der Waals surface area contributed by atoms with Gasteiger partial charge in [0, 0.05) is 6.42 Å². The summed E-state index contributed by atoms with van der Waals surface area (Å²) in [5.41, 5.74) is 0.650. The quantitative estimate of drug-likeness (QED) is 0.0418. The van der Waals surface area contributed by atoms with E-state index in [1.165, 1.54) is 12.1 Å². The average molecular weight is 616 g/mol. The Kier molecular flexibility index (Phi) is 19.8. The Morgan fingerprint density at radius 3 is 1.79 bits per heavy atom. The van der Waals surface area contributed by atoms with Crippen LogP contribution in [0.4, 0.5) is 9.59 Å². The van der Waals surface area contributed by atoms with Gasteiger partial charge in [0.15, 0.2) is 0 Å². The topological polar surface area (TPSA) is 205 Å². The first-order chi connectivity index (χ1) is 20.7. The number of benzene rings is 1. The molecule has 0 saturated carbocycles. The Morgan fingerprint density at radius 1 is 0.721 bits per heavy atom. The van der Waals surface area contributed by atoms with Crippen molar-refractivity contribution in [1.82, 2.24) is 5.32 Å². The average Bonchev–Trinajstić information content (AvgIpc) is 2.96. The highest BCUT2D eigenvalue weighted by Crippen LogP contribution is 2.15. The first-order valence-corrected chi connectivity index (χ1v) is 14.3. The number of hydrogen-bond acceptors (Lipinski definition) is 13. The van der Waals surface area contributed by atoms with Gasteiger partial charge in [-0.2, -0.15) is 0 Å². The first kappa shape index (κ1) is 36.7. The summed E-state index contributed by atoms with van der Waals surface area (Å²) >= 11 is 0. The lowest BCUT2D eigenvalue weighted by atomic mass is 10.1. The molecule has 0 radical (unpaired) electrons. The first-order valence-electron chi connectivity index (χ1n) is 14.3. The predicted molar refractivity (Wildman–Crippen MR) is 149 cm³/mol. The van der Waals surface area contributed by atoms with Crippen LogP contribution in [0.15, 0.2) is 24.3 Å². The zero-order valence-corrected chi connectivity index (χ0v) is 24.4. The second kappa shape index (κ2) is 23.2. The van der Waals surface area contributed by atoms with E-state index in [-0.39, 0.29) is 45.2 Å². The van der Waals surface area contributed by atoms with Gasteiger partial charge in [-0.15, -0.1) is 20.2 Å². The van der Waals surface area contributed by atoms with Gasteiger partial charge in [-0.3, -0.25) is 0 Å². The monoisotopic (exact) mass is 615 g/mol. The highest BCUT2D eigenvalue weighted by Gasteiger charge is 2.24. The van der Waals surface area contributed by atoms with Gasteiger partial charge in [0.1, 0.15) is 11.8 Å². The van der Waals surface area contributed by atoms with E-state index in [9.17, 15) is 34.6 Å². The number of amides is 1. The lowest BCUT2D eigenvalue weighted by Crippen LogP contribution is -2.43. The van der Waals surface area contributed by atoms with Gasteiger partial charge in [0.2, 0.25) is 0 Å². The van der Waals surface area contributed by atoms with E-state index in [1.54, 1.807) is 12.1 Å². The molecule has 0 aromatic heterocycles. The number of nitrogens with one attached hydrogen (secondary N) is 1. The minimum Gasteiger partial charge on any atom is -0.464 e. The normalized spacial score (nSPS) is 11.1. The van der Waals surface area contributed by atoms with Gasteiger partial charge in [-0.05, 0) is 62.6 Å². The maximum atomic E-state index is 12.8. The molecular weight excluding hydrogens is 574 g/mol. The van der Waals surface area contributed by atoms with Gasteiger partial charge in [-0.25, -0.2) is 14.4 Å². The van der Waals surface area contributed by atoms with Gasteiger partial charge in [-0.1, -0.05) is 38.3 Å². The van der Waals surface area contributed by atoms with Gasteiger partial charge in [0.05, 0.1) is 33.0 Å². The summed E-state index contributed by atoms with van der Waals surface area (Å²) in [4.78, 5) is 65.7. The van der Waals surface area contributed by atoms with Crippen molar-refractivity contribution in [2.75, 3.05) is 33.0 Å². The molecule has 43 heavy (non-hydrogen) atoms. The Hall–Kier alpha value is -4.37. The molecule has 0 spiro atoms. The summed E-state index contributed by atoms with van der Waals surface area (Å²) in [5, 5.41) is 21.0. The maximum absolute atomic E-state index is 12.8. The second-order valence-corrected chi connectivity index (χ2v) is 9.34. The highest BCUT2D eigenvalue weighted by molar-refractivity contribution is 5.81. The number of nitrogens with zero attached hydrogens (tertiary/aromatic N) is 2. The Morgan fingerprint density at radius 2 is 1.23 bits per heavy atom. The molecule has 1 rings (SSSR count). The largest absolute Gasteiger partial charge is 0.513 e. The van der Waals surface area contributed by atoms with Crippen LogP contribution < -0.4 is 10.1 Å². The van der Waals surface area contributed by atoms with E-state index < -0.39 is 34.4 Å². The van der Waals surface area contributed by atoms with E-state index in [1.807, 2.05) is 0 Å². The number of carbonyl (C=O) groups excluding carboxylic acids is 3. The fraction of sp³-hybridized carbons (Fsp3) is 0.667. The van der Waals surface area contributed by atoms with Crippen LogP contribution in [0.2, 0.25) is 0 Å². The molecule has 1 unspecified atom stereocenters. The van der Waals surface area contributed by atoms with Crippen molar-refractivity contribution in [3.63, 3.8) is 0 Å². The standard InChI is InChI=1S/C27H41N3O13/c1-2-3-4-7-16-38-25(31)24(28-26(32)39-17-8-5-10-19-41-29(34)35)21-22-12-14-23(15-13-22)43-27(33)40-18-9-6-11-20-42-30(36)37/h12-15,24H,2-11,16-21H2,1H3,(H,28,32). The molecule has 1 aromatic carbocycles. The van der Waals surface area contributed by atoms with Crippen LogP contribution in [0.5, 0.6) is 5.75 Å². The zero-order chi connectivity index (χ0) is 31.7. The number of carbonyl (C=O) groups is 3. The number of unbranched alkanes of at least 4 members (excludes halogenated alkanes) is 7. The minimum absolute atomic E-state index is 0.0242. The number of hydrogen-bond donors (Lipinski definition) is 1. The molecule has 16 heteroatoms. The van der Waals surface area contributed by atoms with E-state index in [2.05, 4.69) is 21.9 Å². The molecule has 0 heterocycles. The molecule has 0 aliphatic rings. The lowest BCUT2D eigenvalue weighted by Gasteiger charge is -2.18. The molecule has 1 atom stereocenters. The highest BCUT2D eigenvalue weighted by atomic mass is 17.0. The fourth-order valence-electron chi connectivity index (χ4n) is 3.59. The summed E-state index contributed by atoms with van der Waals surface area (Å²) in [7, 11) is 0. The number of esters is 1. The molecule has 1 amide bonds. The van der Waals surface area contributed by atoms with E-state index >= 15 is 0 Å². The molecule has 0 aliphatic heterocycles. The summed E-state index contributed by atoms with van der Waals surface area (Å²) in [6.07, 6.45) is 5.00. The van der Waals surface area contributed by atoms with Crippen molar-refractivity contribution >= 4 is 18.2 Å². The molecule has 0 fully saturated rings. The van der Waals surface area contributed by atoms with Crippen molar-refractivity contribution < 1.29 is 53.2 Å². The van der Waals surface area contributed by atoms with Crippen LogP contribution in [0, 0.1) is 20.2 Å². The van der Waals surface area contributed by atoms with E-state index in [0.29, 0.717) is 50.5 Å². The Labute approximate surface area is 249 Å². The smallest absolute Gasteiger partial charge is 0.464 e. The third kappa shape index (κ3) is 20.2. The SMILES string of the molecule is CCCCCCOC(=O)C(Cc1ccc(OC(=O)OCCCCCO[N+](=O)[O-])cc1)NC(=O)OCCCCCO[N+](=O)[O-]. The fourth-order valence-corrected chi connectivity index (χ4v) is 3.59. The number of ether oxygens (including phenoxy) is 4. The van der Waals surface area contributed by atoms with Crippen LogP contribution in [-0.4, -0.2) is 67.5 Å². The van der Waals surface area contributed by atoms with Crippen molar-refractivity contribution in [3.05, 3.63) is 50.1 Å². The summed E-state index contributed by atoms with van der Waals surface area (Å²) in [6, 6.07) is 5.25. The predicted octanol–water partition coefficient (Wildman–Crippen LogP) is 4.72. The van der Waals surface area contributed by atoms with Crippen LogP contribution in [0.25, 0.3) is 0 Å². The number of alkyl carbamates (subject to hydrolysis) is 1. The van der Waals surface area contributed by atoms with Crippen molar-refractivity contribution in [1.29, 1.82) is 0 Å². The van der Waals surface area contributed by atoms with Crippen LogP contribution in [-0.2, 0) is 35.1 Å². The van der Waals surface area contributed by atoms with Crippen LogP contribution in [0.1, 0.15) is 76.7 Å². The molecule has 242 valence electrons.